The summed E-state index contributed by atoms with van der Waals surface area (Å²) in [7, 11) is -1.61. The Kier molecular flexibility index (Phi) is 11.7. The Morgan fingerprint density at radius 2 is 1.97 bits per heavy atom. The van der Waals surface area contributed by atoms with E-state index in [-0.39, 0.29) is 40.5 Å². The first kappa shape index (κ1) is 26.7. The summed E-state index contributed by atoms with van der Waals surface area (Å²) >= 11 is 1.15. The third kappa shape index (κ3) is 8.40. The van der Waals surface area contributed by atoms with E-state index in [9.17, 15) is 13.5 Å². The number of guanidine groups is 1. The summed E-state index contributed by atoms with van der Waals surface area (Å²) in [4.78, 5) is 6.35. The Morgan fingerprint density at radius 3 is 2.53 bits per heavy atom. The smallest absolute Gasteiger partial charge is 0.194 e. The van der Waals surface area contributed by atoms with Gasteiger partial charge < -0.3 is 20.1 Å². The van der Waals surface area contributed by atoms with Crippen LogP contribution in [0.3, 0.4) is 0 Å². The molecule has 0 amide bonds. The molecule has 0 saturated carbocycles. The van der Waals surface area contributed by atoms with Crippen molar-refractivity contribution >= 4 is 51.1 Å². The number of sulfone groups is 1. The largest absolute Gasteiger partial charge is 0.494 e. The van der Waals surface area contributed by atoms with Gasteiger partial charge in [-0.1, -0.05) is 18.2 Å². The van der Waals surface area contributed by atoms with Gasteiger partial charge in [0.2, 0.25) is 0 Å². The highest BCUT2D eigenvalue weighted by Gasteiger charge is 2.21. The molecule has 10 heteroatoms. The minimum atomic E-state index is -3.50. The van der Waals surface area contributed by atoms with Crippen LogP contribution in [0.25, 0.3) is 0 Å². The Labute approximate surface area is 200 Å². The van der Waals surface area contributed by atoms with Crippen LogP contribution in [0.5, 0.6) is 5.75 Å². The van der Waals surface area contributed by atoms with Crippen molar-refractivity contribution in [3.05, 3.63) is 47.3 Å². The van der Waals surface area contributed by atoms with E-state index in [1.54, 1.807) is 17.5 Å². The molecule has 1 aromatic carbocycles. The summed E-state index contributed by atoms with van der Waals surface area (Å²) in [5.41, 5.74) is 1.09. The fourth-order valence-corrected chi connectivity index (χ4v) is 5.16. The lowest BCUT2D eigenvalue weighted by Gasteiger charge is -2.22. The van der Waals surface area contributed by atoms with Gasteiger partial charge in [0.25, 0.3) is 0 Å². The normalized spacial score (nSPS) is 12.7. The monoisotopic (exact) mass is 567 g/mol. The number of thiophene rings is 1. The minimum Gasteiger partial charge on any atom is -0.494 e. The average molecular weight is 568 g/mol. The molecule has 1 unspecified atom stereocenters. The van der Waals surface area contributed by atoms with Gasteiger partial charge in [-0.25, -0.2) is 8.42 Å². The van der Waals surface area contributed by atoms with Crippen LogP contribution in [0.15, 0.2) is 51.0 Å². The summed E-state index contributed by atoms with van der Waals surface area (Å²) in [6.45, 7) is 5.80. The number of aliphatic imine (C=N–C) groups is 1. The van der Waals surface area contributed by atoms with Gasteiger partial charge in [0.05, 0.1) is 25.0 Å². The number of nitrogens with one attached hydrogen (secondary N) is 1. The highest BCUT2D eigenvalue weighted by molar-refractivity contribution is 14.0. The molecule has 30 heavy (non-hydrogen) atoms. The lowest BCUT2D eigenvalue weighted by atomic mass is 10.2. The first-order chi connectivity index (χ1) is 13.9. The number of nitrogens with zero attached hydrogens (tertiary/aromatic N) is 2. The van der Waals surface area contributed by atoms with Crippen LogP contribution in [0, 0.1) is 0 Å². The van der Waals surface area contributed by atoms with Gasteiger partial charge in [-0.05, 0) is 43.0 Å². The number of hydrogen-bond donors (Lipinski definition) is 2. The molecule has 1 heterocycles. The number of benzene rings is 1. The standard InChI is InChI=1S/C20H29N3O4S2.HI/c1-4-21-20(23(3)14-16-8-10-18(11-9-16)27-5-2)22-13-17(24)15-29(25,26)19-7-6-12-28-19;/h6-12,17,24H,4-5,13-15H2,1-3H3,(H,21,22);1H. The third-order valence-corrected chi connectivity index (χ3v) is 7.30. The van der Waals surface area contributed by atoms with Crippen molar-refractivity contribution in [3.8, 4) is 5.75 Å². The van der Waals surface area contributed by atoms with Crippen LogP contribution < -0.4 is 10.1 Å². The maximum atomic E-state index is 12.3. The van der Waals surface area contributed by atoms with Crippen LogP contribution in [0.2, 0.25) is 0 Å². The molecule has 2 rings (SSSR count). The molecule has 7 nitrogen and oxygen atoms in total. The third-order valence-electron chi connectivity index (χ3n) is 4.02. The molecule has 0 bridgehead atoms. The SMILES string of the molecule is CCNC(=NCC(O)CS(=O)(=O)c1cccs1)N(C)Cc1ccc(OCC)cc1.I. The first-order valence-corrected chi connectivity index (χ1v) is 12.0. The topological polar surface area (TPSA) is 91.2 Å². The molecular formula is C20H30IN3O4S2. The van der Waals surface area contributed by atoms with Crippen molar-refractivity contribution in [2.24, 2.45) is 4.99 Å². The van der Waals surface area contributed by atoms with E-state index in [1.807, 2.05) is 50.1 Å². The molecule has 0 spiro atoms. The van der Waals surface area contributed by atoms with E-state index in [4.69, 9.17) is 4.74 Å². The predicted molar refractivity (Wildman–Crippen MR) is 133 cm³/mol. The van der Waals surface area contributed by atoms with Crippen LogP contribution >= 0.6 is 35.3 Å². The summed E-state index contributed by atoms with van der Waals surface area (Å²) in [6.07, 6.45) is -1.07. The van der Waals surface area contributed by atoms with E-state index >= 15 is 0 Å². The van der Waals surface area contributed by atoms with Gasteiger partial charge in [0, 0.05) is 20.1 Å². The fourth-order valence-electron chi connectivity index (χ4n) is 2.70. The zero-order valence-electron chi connectivity index (χ0n) is 17.4. The van der Waals surface area contributed by atoms with E-state index in [0.717, 1.165) is 22.6 Å². The van der Waals surface area contributed by atoms with Gasteiger partial charge in [-0.2, -0.15) is 0 Å². The van der Waals surface area contributed by atoms with Crippen molar-refractivity contribution in [3.63, 3.8) is 0 Å². The van der Waals surface area contributed by atoms with Crippen molar-refractivity contribution in [2.75, 3.05) is 32.5 Å². The number of aliphatic hydroxyl groups is 1. The fraction of sp³-hybridized carbons (Fsp3) is 0.450. The minimum absolute atomic E-state index is 0. The zero-order valence-corrected chi connectivity index (χ0v) is 21.4. The van der Waals surface area contributed by atoms with Gasteiger partial charge in [-0.15, -0.1) is 35.3 Å². The maximum Gasteiger partial charge on any atom is 0.194 e. The number of ether oxygens (including phenoxy) is 1. The average Bonchev–Trinajstić information content (AvgIpc) is 3.22. The molecule has 0 aliphatic heterocycles. The highest BCUT2D eigenvalue weighted by Crippen LogP contribution is 2.18. The van der Waals surface area contributed by atoms with E-state index in [1.165, 1.54) is 0 Å². The lowest BCUT2D eigenvalue weighted by molar-refractivity contribution is 0.205. The Balaban J connectivity index is 0.00000450. The summed E-state index contributed by atoms with van der Waals surface area (Å²) in [5.74, 6) is 1.09. The van der Waals surface area contributed by atoms with Crippen molar-refractivity contribution in [1.82, 2.24) is 10.2 Å². The van der Waals surface area contributed by atoms with Crippen molar-refractivity contribution < 1.29 is 18.3 Å². The Bertz CT molecular complexity index is 872. The highest BCUT2D eigenvalue weighted by atomic mass is 127. The van der Waals surface area contributed by atoms with Gasteiger partial charge in [0.15, 0.2) is 15.8 Å². The number of rotatable bonds is 10. The van der Waals surface area contributed by atoms with Gasteiger partial charge in [0.1, 0.15) is 9.96 Å². The predicted octanol–water partition coefficient (Wildman–Crippen LogP) is 3.00. The number of hydrogen-bond acceptors (Lipinski definition) is 6. The maximum absolute atomic E-state index is 12.3. The molecule has 0 aliphatic carbocycles. The molecule has 0 fully saturated rings. The second-order valence-electron chi connectivity index (χ2n) is 6.49. The quantitative estimate of drug-likeness (QED) is 0.261. The second-order valence-corrected chi connectivity index (χ2v) is 9.70. The van der Waals surface area contributed by atoms with E-state index in [0.29, 0.717) is 25.7 Å². The molecule has 2 N–H and O–H groups in total. The van der Waals surface area contributed by atoms with Crippen LogP contribution in [0.4, 0.5) is 0 Å². The van der Waals surface area contributed by atoms with Crippen LogP contribution in [0.1, 0.15) is 19.4 Å². The molecule has 0 radical (unpaired) electrons. The molecule has 0 aliphatic rings. The summed E-state index contributed by atoms with van der Waals surface area (Å²) in [5, 5.41) is 15.1. The molecular weight excluding hydrogens is 537 g/mol. The molecule has 2 aromatic rings. The number of aliphatic hydroxyl groups excluding tert-OH is 1. The summed E-state index contributed by atoms with van der Waals surface area (Å²) < 4.78 is 30.3. The van der Waals surface area contributed by atoms with Gasteiger partial charge in [-0.3, -0.25) is 4.99 Å². The molecule has 1 atom stereocenters. The van der Waals surface area contributed by atoms with Crippen molar-refractivity contribution in [2.45, 2.75) is 30.7 Å². The number of halogens is 1. The zero-order chi connectivity index (χ0) is 21.3. The lowest BCUT2D eigenvalue weighted by Crippen LogP contribution is -2.39. The second kappa shape index (κ2) is 13.1. The Hall–Kier alpha value is -1.37. The molecule has 0 saturated heterocycles. The van der Waals surface area contributed by atoms with E-state index in [2.05, 4.69) is 10.3 Å². The summed E-state index contributed by atoms with van der Waals surface area (Å²) in [6, 6.07) is 11.1. The van der Waals surface area contributed by atoms with Crippen molar-refractivity contribution in [1.29, 1.82) is 0 Å². The Morgan fingerprint density at radius 1 is 1.27 bits per heavy atom. The van der Waals surface area contributed by atoms with Crippen LogP contribution in [-0.2, 0) is 16.4 Å². The van der Waals surface area contributed by atoms with E-state index < -0.39 is 15.9 Å². The molecule has 168 valence electrons. The van der Waals surface area contributed by atoms with Gasteiger partial charge >= 0.3 is 0 Å². The van der Waals surface area contributed by atoms with Crippen LogP contribution in [-0.4, -0.2) is 63.0 Å². The first-order valence-electron chi connectivity index (χ1n) is 9.51. The molecule has 1 aromatic heterocycles.